The molecule has 0 aliphatic rings. The molecule has 1 aromatic rings. The summed E-state index contributed by atoms with van der Waals surface area (Å²) in [5.41, 5.74) is 6.09. The molecule has 0 bridgehead atoms. The maximum absolute atomic E-state index is 11.6. The van der Waals surface area contributed by atoms with E-state index < -0.39 is 9.84 Å². The zero-order valence-corrected chi connectivity index (χ0v) is 13.3. The second-order valence-corrected chi connectivity index (χ2v) is 7.44. The van der Waals surface area contributed by atoms with Crippen molar-refractivity contribution in [3.63, 3.8) is 0 Å². The smallest absolute Gasteiger partial charge is 0.263 e. The number of hydrogen-bond donors (Lipinski definition) is 3. The Hall–Kier alpha value is -1.48. The van der Waals surface area contributed by atoms with Crippen molar-refractivity contribution in [3.8, 4) is 5.75 Å². The summed E-state index contributed by atoms with van der Waals surface area (Å²) in [6.45, 7) is 1.84. The van der Waals surface area contributed by atoms with E-state index >= 15 is 0 Å². The largest absolute Gasteiger partial charge is 0.492 e. The minimum Gasteiger partial charge on any atom is -0.492 e. The molecule has 1 rings (SSSR count). The predicted molar refractivity (Wildman–Crippen MR) is 81.5 cm³/mol. The lowest BCUT2D eigenvalue weighted by Gasteiger charge is -2.06. The molecule has 0 atom stereocenters. The van der Waals surface area contributed by atoms with E-state index in [9.17, 15) is 13.2 Å². The van der Waals surface area contributed by atoms with Gasteiger partial charge >= 0.3 is 0 Å². The van der Waals surface area contributed by atoms with Gasteiger partial charge in [0, 0.05) is 19.3 Å². The number of thiophene rings is 1. The van der Waals surface area contributed by atoms with E-state index in [4.69, 9.17) is 10.5 Å². The van der Waals surface area contributed by atoms with Crippen LogP contribution in [-0.2, 0) is 9.84 Å². The van der Waals surface area contributed by atoms with Gasteiger partial charge in [-0.3, -0.25) is 4.79 Å². The highest BCUT2D eigenvalue weighted by molar-refractivity contribution is 7.91. The molecule has 4 N–H and O–H groups in total. The van der Waals surface area contributed by atoms with E-state index in [1.807, 2.05) is 0 Å². The summed E-state index contributed by atoms with van der Waals surface area (Å²) in [6.07, 6.45) is 0. The van der Waals surface area contributed by atoms with Crippen LogP contribution in [0.25, 0.3) is 0 Å². The molecule has 0 fully saturated rings. The molecule has 0 spiro atoms. The number of ether oxygens (including phenoxy) is 1. The number of sulfone groups is 1. The van der Waals surface area contributed by atoms with E-state index in [0.717, 1.165) is 11.3 Å². The van der Waals surface area contributed by atoms with Gasteiger partial charge in [-0.25, -0.2) is 8.42 Å². The fraction of sp³-hybridized carbons (Fsp3) is 0.545. The number of nitrogen functional groups attached to an aromatic ring is 1. The number of nitrogens with two attached hydrogens (primary N) is 1. The van der Waals surface area contributed by atoms with Crippen LogP contribution in [0.15, 0.2) is 0 Å². The highest BCUT2D eigenvalue weighted by atomic mass is 32.2. The van der Waals surface area contributed by atoms with Gasteiger partial charge in [0.1, 0.15) is 15.6 Å². The molecule has 0 radical (unpaired) electrons. The summed E-state index contributed by atoms with van der Waals surface area (Å²) in [5, 5.41) is 5.99. The minimum atomic E-state index is -3.04. The first kappa shape index (κ1) is 16.6. The number of carbonyl (C=O) groups is 1. The summed E-state index contributed by atoms with van der Waals surface area (Å²) < 4.78 is 28.0. The molecule has 20 heavy (non-hydrogen) atoms. The molecule has 0 aromatic carbocycles. The van der Waals surface area contributed by atoms with E-state index in [1.165, 1.54) is 14.2 Å². The van der Waals surface area contributed by atoms with Crippen LogP contribution in [0, 0.1) is 0 Å². The van der Waals surface area contributed by atoms with Crippen molar-refractivity contribution in [2.75, 3.05) is 43.3 Å². The Labute approximate surface area is 122 Å². The van der Waals surface area contributed by atoms with Crippen LogP contribution in [0.3, 0.4) is 0 Å². The van der Waals surface area contributed by atoms with Crippen molar-refractivity contribution in [2.24, 2.45) is 0 Å². The highest BCUT2D eigenvalue weighted by Crippen LogP contribution is 2.42. The third kappa shape index (κ3) is 3.76. The molecule has 114 valence electrons. The normalized spacial score (nSPS) is 11.2. The Morgan fingerprint density at radius 2 is 2.10 bits per heavy atom. The number of amides is 1. The second kappa shape index (κ2) is 6.80. The number of nitrogens with one attached hydrogen (secondary N) is 2. The fourth-order valence-electron chi connectivity index (χ4n) is 1.49. The first-order chi connectivity index (χ1) is 9.36. The Bertz CT molecular complexity index is 581. The summed E-state index contributed by atoms with van der Waals surface area (Å²) in [7, 11) is -0.0895. The lowest BCUT2D eigenvalue weighted by molar-refractivity contribution is 0.0967. The fourth-order valence-corrected chi connectivity index (χ4v) is 3.26. The highest BCUT2D eigenvalue weighted by Gasteiger charge is 2.21. The lowest BCUT2D eigenvalue weighted by Crippen LogP contribution is -2.17. The van der Waals surface area contributed by atoms with Gasteiger partial charge in [-0.2, -0.15) is 0 Å². The van der Waals surface area contributed by atoms with Crippen LogP contribution in [0.4, 0.5) is 10.7 Å². The number of anilines is 2. The Morgan fingerprint density at radius 1 is 1.45 bits per heavy atom. The average molecular weight is 321 g/mol. The van der Waals surface area contributed by atoms with E-state index in [0.29, 0.717) is 15.6 Å². The van der Waals surface area contributed by atoms with E-state index in [-0.39, 0.29) is 29.6 Å². The van der Waals surface area contributed by atoms with Gasteiger partial charge in [-0.1, -0.05) is 6.92 Å². The molecule has 7 nitrogen and oxygen atoms in total. The van der Waals surface area contributed by atoms with E-state index in [2.05, 4.69) is 10.6 Å². The summed E-state index contributed by atoms with van der Waals surface area (Å²) in [6, 6.07) is 0. The third-order valence-corrected chi connectivity index (χ3v) is 5.52. The van der Waals surface area contributed by atoms with Crippen molar-refractivity contribution in [3.05, 3.63) is 4.88 Å². The third-order valence-electron chi connectivity index (χ3n) is 2.68. The van der Waals surface area contributed by atoms with Crippen LogP contribution in [0.5, 0.6) is 5.75 Å². The Kier molecular flexibility index (Phi) is 5.63. The van der Waals surface area contributed by atoms with E-state index in [1.54, 1.807) is 6.92 Å². The standard InChI is InChI=1S/C11H19N3O4S2/c1-4-20(16,17)6-5-14-11-8(18-3)7(12)9(19-11)10(15)13-2/h14H,4-6,12H2,1-3H3,(H,13,15). The van der Waals surface area contributed by atoms with Crippen molar-refractivity contribution < 1.29 is 17.9 Å². The first-order valence-corrected chi connectivity index (χ1v) is 8.62. The van der Waals surface area contributed by atoms with Gasteiger partial charge in [0.25, 0.3) is 5.91 Å². The Morgan fingerprint density at radius 3 is 2.60 bits per heavy atom. The molecule has 1 aromatic heterocycles. The van der Waals surface area contributed by atoms with Gasteiger partial charge in [-0.15, -0.1) is 11.3 Å². The molecular formula is C11H19N3O4S2. The molecule has 0 saturated heterocycles. The van der Waals surface area contributed by atoms with Crippen LogP contribution < -0.4 is 21.1 Å². The zero-order chi connectivity index (χ0) is 15.3. The van der Waals surface area contributed by atoms with Gasteiger partial charge in [0.05, 0.1) is 12.9 Å². The summed E-state index contributed by atoms with van der Waals surface area (Å²) >= 11 is 1.13. The van der Waals surface area contributed by atoms with Gasteiger partial charge in [-0.05, 0) is 0 Å². The molecule has 0 aliphatic carbocycles. The van der Waals surface area contributed by atoms with Crippen molar-refractivity contribution in [2.45, 2.75) is 6.92 Å². The summed E-state index contributed by atoms with van der Waals surface area (Å²) in [4.78, 5) is 12.0. The second-order valence-electron chi connectivity index (χ2n) is 3.95. The lowest BCUT2D eigenvalue weighted by atomic mass is 10.3. The maximum atomic E-state index is 11.6. The topological polar surface area (TPSA) is 111 Å². The quantitative estimate of drug-likeness (QED) is 0.676. The molecule has 0 unspecified atom stereocenters. The monoisotopic (exact) mass is 321 g/mol. The zero-order valence-electron chi connectivity index (χ0n) is 11.6. The molecule has 1 amide bonds. The van der Waals surface area contributed by atoms with Crippen LogP contribution in [0.1, 0.15) is 16.6 Å². The van der Waals surface area contributed by atoms with Crippen LogP contribution >= 0.6 is 11.3 Å². The SMILES string of the molecule is CCS(=O)(=O)CCNc1sc(C(=O)NC)c(N)c1OC. The average Bonchev–Trinajstić information content (AvgIpc) is 2.74. The van der Waals surface area contributed by atoms with Crippen molar-refractivity contribution in [1.82, 2.24) is 5.32 Å². The van der Waals surface area contributed by atoms with Crippen molar-refractivity contribution >= 4 is 37.8 Å². The van der Waals surface area contributed by atoms with Crippen molar-refractivity contribution in [1.29, 1.82) is 0 Å². The number of methoxy groups -OCH3 is 1. The predicted octanol–water partition coefficient (Wildman–Crippen LogP) is 0.545. The molecule has 0 saturated carbocycles. The minimum absolute atomic E-state index is 0.0137. The molecular weight excluding hydrogens is 302 g/mol. The van der Waals surface area contributed by atoms with Gasteiger partial charge in [0.15, 0.2) is 15.6 Å². The summed E-state index contributed by atoms with van der Waals surface area (Å²) in [5.74, 6) is 0.171. The van der Waals surface area contributed by atoms with Gasteiger partial charge in [0.2, 0.25) is 0 Å². The molecule has 9 heteroatoms. The maximum Gasteiger partial charge on any atom is 0.263 e. The molecule has 0 aliphatic heterocycles. The van der Waals surface area contributed by atoms with Crippen LogP contribution in [0.2, 0.25) is 0 Å². The first-order valence-electron chi connectivity index (χ1n) is 5.98. The Balaban J connectivity index is 2.88. The molecule has 1 heterocycles. The number of rotatable bonds is 7. The van der Waals surface area contributed by atoms with Gasteiger partial charge < -0.3 is 21.1 Å². The van der Waals surface area contributed by atoms with Crippen LogP contribution in [-0.4, -0.2) is 46.5 Å². The number of carbonyl (C=O) groups excluding carboxylic acids is 1. The number of hydrogen-bond acceptors (Lipinski definition) is 7.